The SMILES string of the molecule is COc1ccc(CCC2OC2C)cc1OC. The zero-order valence-electron chi connectivity index (χ0n) is 10.0. The fourth-order valence-electron chi connectivity index (χ4n) is 1.88. The Bertz CT molecular complexity index is 362. The van der Waals surface area contributed by atoms with E-state index in [-0.39, 0.29) is 0 Å². The van der Waals surface area contributed by atoms with Gasteiger partial charge in [0.2, 0.25) is 0 Å². The molecule has 0 radical (unpaired) electrons. The highest BCUT2D eigenvalue weighted by Crippen LogP contribution is 2.30. The van der Waals surface area contributed by atoms with Crippen LogP contribution in [0.15, 0.2) is 18.2 Å². The summed E-state index contributed by atoms with van der Waals surface area (Å²) in [7, 11) is 3.31. The lowest BCUT2D eigenvalue weighted by atomic mass is 10.1. The first-order chi connectivity index (χ1) is 7.74. The summed E-state index contributed by atoms with van der Waals surface area (Å²) >= 11 is 0. The average molecular weight is 222 g/mol. The molecule has 0 aliphatic carbocycles. The molecule has 0 N–H and O–H groups in total. The molecule has 1 saturated heterocycles. The molecule has 1 heterocycles. The van der Waals surface area contributed by atoms with E-state index in [0.717, 1.165) is 24.3 Å². The van der Waals surface area contributed by atoms with Crippen LogP contribution in [0.2, 0.25) is 0 Å². The number of hydrogen-bond acceptors (Lipinski definition) is 3. The summed E-state index contributed by atoms with van der Waals surface area (Å²) in [6.07, 6.45) is 3.00. The maximum atomic E-state index is 5.38. The third-order valence-electron chi connectivity index (χ3n) is 3.00. The zero-order chi connectivity index (χ0) is 11.5. The summed E-state index contributed by atoms with van der Waals surface area (Å²) in [6, 6.07) is 6.06. The minimum absolute atomic E-state index is 0.445. The Morgan fingerprint density at radius 2 is 1.88 bits per heavy atom. The van der Waals surface area contributed by atoms with Gasteiger partial charge in [-0.05, 0) is 37.5 Å². The van der Waals surface area contributed by atoms with Crippen molar-refractivity contribution >= 4 is 0 Å². The van der Waals surface area contributed by atoms with Crippen molar-refractivity contribution in [2.45, 2.75) is 32.0 Å². The molecule has 88 valence electrons. The van der Waals surface area contributed by atoms with Gasteiger partial charge in [-0.15, -0.1) is 0 Å². The summed E-state index contributed by atoms with van der Waals surface area (Å²) < 4.78 is 15.8. The molecule has 1 aromatic rings. The van der Waals surface area contributed by atoms with Crippen LogP contribution in [0.3, 0.4) is 0 Å². The number of methoxy groups -OCH3 is 2. The maximum absolute atomic E-state index is 5.38. The van der Waals surface area contributed by atoms with Gasteiger partial charge in [0.15, 0.2) is 11.5 Å². The van der Waals surface area contributed by atoms with Crippen LogP contribution in [0.5, 0.6) is 11.5 Å². The van der Waals surface area contributed by atoms with Crippen LogP contribution in [-0.4, -0.2) is 26.4 Å². The molecule has 1 aromatic carbocycles. The molecule has 1 aliphatic heterocycles. The lowest BCUT2D eigenvalue weighted by Crippen LogP contribution is -1.96. The molecule has 2 unspecified atom stereocenters. The molecular weight excluding hydrogens is 204 g/mol. The summed E-state index contributed by atoms with van der Waals surface area (Å²) in [5.74, 6) is 1.58. The van der Waals surface area contributed by atoms with Crippen LogP contribution in [0.4, 0.5) is 0 Å². The Morgan fingerprint density at radius 3 is 2.44 bits per heavy atom. The molecule has 0 bridgehead atoms. The Morgan fingerprint density at radius 1 is 1.19 bits per heavy atom. The van der Waals surface area contributed by atoms with E-state index in [4.69, 9.17) is 14.2 Å². The van der Waals surface area contributed by atoms with Gasteiger partial charge < -0.3 is 14.2 Å². The molecule has 0 amide bonds. The lowest BCUT2D eigenvalue weighted by molar-refractivity contribution is 0.354. The summed E-state index contributed by atoms with van der Waals surface area (Å²) in [5, 5.41) is 0. The molecule has 2 rings (SSSR count). The minimum atomic E-state index is 0.445. The van der Waals surface area contributed by atoms with Gasteiger partial charge in [0.1, 0.15) is 0 Å². The highest BCUT2D eigenvalue weighted by molar-refractivity contribution is 5.42. The normalized spacial score (nSPS) is 22.9. The zero-order valence-corrected chi connectivity index (χ0v) is 10.0. The highest BCUT2D eigenvalue weighted by Gasteiger charge is 2.33. The van der Waals surface area contributed by atoms with Crippen molar-refractivity contribution in [3.8, 4) is 11.5 Å². The molecule has 2 atom stereocenters. The van der Waals surface area contributed by atoms with Crippen LogP contribution in [-0.2, 0) is 11.2 Å². The fraction of sp³-hybridized carbons (Fsp3) is 0.538. The maximum Gasteiger partial charge on any atom is 0.160 e. The van der Waals surface area contributed by atoms with E-state index in [9.17, 15) is 0 Å². The number of rotatable bonds is 5. The molecule has 16 heavy (non-hydrogen) atoms. The number of benzene rings is 1. The molecule has 1 aliphatic rings. The number of epoxide rings is 1. The molecule has 0 spiro atoms. The van der Waals surface area contributed by atoms with Crippen LogP contribution in [0.1, 0.15) is 18.9 Å². The second-order valence-electron chi connectivity index (χ2n) is 4.11. The number of ether oxygens (including phenoxy) is 3. The molecule has 1 fully saturated rings. The van der Waals surface area contributed by atoms with Crippen molar-refractivity contribution in [2.75, 3.05) is 14.2 Å². The van der Waals surface area contributed by atoms with Gasteiger partial charge in [0.05, 0.1) is 26.4 Å². The van der Waals surface area contributed by atoms with E-state index in [0.29, 0.717) is 12.2 Å². The second kappa shape index (κ2) is 4.74. The van der Waals surface area contributed by atoms with Gasteiger partial charge in [-0.25, -0.2) is 0 Å². The third kappa shape index (κ3) is 2.47. The largest absolute Gasteiger partial charge is 0.493 e. The summed E-state index contributed by atoms with van der Waals surface area (Å²) in [5.41, 5.74) is 1.26. The van der Waals surface area contributed by atoms with Gasteiger partial charge in [0, 0.05) is 0 Å². The second-order valence-corrected chi connectivity index (χ2v) is 4.11. The average Bonchev–Trinajstić information content (AvgIpc) is 3.02. The van der Waals surface area contributed by atoms with E-state index in [2.05, 4.69) is 13.0 Å². The number of hydrogen-bond donors (Lipinski definition) is 0. The van der Waals surface area contributed by atoms with Gasteiger partial charge in [-0.3, -0.25) is 0 Å². The first kappa shape index (κ1) is 11.3. The molecule has 3 nitrogen and oxygen atoms in total. The summed E-state index contributed by atoms with van der Waals surface area (Å²) in [4.78, 5) is 0. The van der Waals surface area contributed by atoms with Gasteiger partial charge in [-0.2, -0.15) is 0 Å². The third-order valence-corrected chi connectivity index (χ3v) is 3.00. The molecule has 3 heteroatoms. The van der Waals surface area contributed by atoms with E-state index in [1.807, 2.05) is 12.1 Å². The predicted molar refractivity (Wildman–Crippen MR) is 62.2 cm³/mol. The Labute approximate surface area is 96.3 Å². The van der Waals surface area contributed by atoms with Gasteiger partial charge >= 0.3 is 0 Å². The van der Waals surface area contributed by atoms with Crippen molar-refractivity contribution in [1.82, 2.24) is 0 Å². The Balaban J connectivity index is 1.98. The van der Waals surface area contributed by atoms with Crippen molar-refractivity contribution in [1.29, 1.82) is 0 Å². The highest BCUT2D eigenvalue weighted by atomic mass is 16.6. The first-order valence-electron chi connectivity index (χ1n) is 5.61. The first-order valence-corrected chi connectivity index (χ1v) is 5.61. The monoisotopic (exact) mass is 222 g/mol. The van der Waals surface area contributed by atoms with Crippen LogP contribution >= 0.6 is 0 Å². The van der Waals surface area contributed by atoms with Crippen LogP contribution in [0, 0.1) is 0 Å². The molecule has 0 aromatic heterocycles. The predicted octanol–water partition coefficient (Wildman–Crippen LogP) is 2.42. The molecule has 0 saturated carbocycles. The standard InChI is InChI=1S/C13H18O3/c1-9-11(16-9)6-4-10-5-7-12(14-2)13(8-10)15-3/h5,7-9,11H,4,6H2,1-3H3. The van der Waals surface area contributed by atoms with Crippen molar-refractivity contribution in [2.24, 2.45) is 0 Å². The fourth-order valence-corrected chi connectivity index (χ4v) is 1.88. The van der Waals surface area contributed by atoms with E-state index < -0.39 is 0 Å². The quantitative estimate of drug-likeness (QED) is 0.717. The van der Waals surface area contributed by atoms with Crippen LogP contribution in [0.25, 0.3) is 0 Å². The van der Waals surface area contributed by atoms with E-state index >= 15 is 0 Å². The van der Waals surface area contributed by atoms with E-state index in [1.165, 1.54) is 5.56 Å². The van der Waals surface area contributed by atoms with Gasteiger partial charge in [0.25, 0.3) is 0 Å². The molecular formula is C13H18O3. The van der Waals surface area contributed by atoms with Crippen LogP contribution < -0.4 is 9.47 Å². The smallest absolute Gasteiger partial charge is 0.160 e. The Hall–Kier alpha value is -1.22. The number of aryl methyl sites for hydroxylation is 1. The Kier molecular flexibility index (Phi) is 3.34. The van der Waals surface area contributed by atoms with Crippen molar-refractivity contribution in [3.05, 3.63) is 23.8 Å². The van der Waals surface area contributed by atoms with Crippen molar-refractivity contribution in [3.63, 3.8) is 0 Å². The minimum Gasteiger partial charge on any atom is -0.493 e. The lowest BCUT2D eigenvalue weighted by Gasteiger charge is -2.09. The van der Waals surface area contributed by atoms with Gasteiger partial charge in [-0.1, -0.05) is 6.07 Å². The summed E-state index contributed by atoms with van der Waals surface area (Å²) in [6.45, 7) is 2.11. The topological polar surface area (TPSA) is 31.0 Å². The van der Waals surface area contributed by atoms with Crippen molar-refractivity contribution < 1.29 is 14.2 Å². The van der Waals surface area contributed by atoms with E-state index in [1.54, 1.807) is 14.2 Å².